The fourth-order valence-corrected chi connectivity index (χ4v) is 2.67. The number of hydrogen-bond acceptors (Lipinski definition) is 1. The summed E-state index contributed by atoms with van der Waals surface area (Å²) < 4.78 is 0. The van der Waals surface area contributed by atoms with Crippen molar-refractivity contribution < 1.29 is 0 Å². The minimum Gasteiger partial charge on any atom is -0.364 e. The van der Waals surface area contributed by atoms with Crippen LogP contribution in [0.15, 0.2) is 60.7 Å². The van der Waals surface area contributed by atoms with Crippen molar-refractivity contribution in [2.24, 2.45) is 0 Å². The number of fused-ring (bicyclic) bond motifs is 1. The van der Waals surface area contributed by atoms with Crippen molar-refractivity contribution in [1.82, 2.24) is 0 Å². The Balaban J connectivity index is 2.09. The average molecular weight is 235 g/mol. The van der Waals surface area contributed by atoms with E-state index in [0.717, 1.165) is 0 Å². The molecule has 1 heterocycles. The van der Waals surface area contributed by atoms with Gasteiger partial charge in [-0.1, -0.05) is 54.6 Å². The molecule has 1 heteroatoms. The lowest BCUT2D eigenvalue weighted by Gasteiger charge is -2.34. The van der Waals surface area contributed by atoms with Gasteiger partial charge in [0, 0.05) is 18.3 Å². The molecular weight excluding hydrogens is 218 g/mol. The summed E-state index contributed by atoms with van der Waals surface area (Å²) in [5.41, 5.74) is 5.35. The van der Waals surface area contributed by atoms with Gasteiger partial charge in [0.1, 0.15) is 0 Å². The quantitative estimate of drug-likeness (QED) is 0.713. The van der Waals surface area contributed by atoms with E-state index in [2.05, 4.69) is 79.5 Å². The van der Waals surface area contributed by atoms with Crippen LogP contribution in [-0.4, -0.2) is 7.05 Å². The molecule has 1 aliphatic heterocycles. The fraction of sp³-hybridized carbons (Fsp3) is 0.176. The Morgan fingerprint density at radius 3 is 2.33 bits per heavy atom. The molecule has 1 atom stereocenters. The fourth-order valence-electron chi connectivity index (χ4n) is 2.67. The van der Waals surface area contributed by atoms with Crippen LogP contribution in [0.5, 0.6) is 0 Å². The molecule has 0 bridgehead atoms. The standard InChI is InChI=1S/C17H17N/c1-13-12-17(14-8-4-3-5-9-14)18(2)16-11-7-6-10-15(13)16/h3-12,17H,1-2H3. The van der Waals surface area contributed by atoms with Crippen LogP contribution >= 0.6 is 0 Å². The lowest BCUT2D eigenvalue weighted by molar-refractivity contribution is 0.800. The van der Waals surface area contributed by atoms with Gasteiger partial charge in [-0.15, -0.1) is 0 Å². The van der Waals surface area contributed by atoms with E-state index in [1.807, 2.05) is 0 Å². The van der Waals surface area contributed by atoms with Gasteiger partial charge >= 0.3 is 0 Å². The van der Waals surface area contributed by atoms with E-state index < -0.39 is 0 Å². The third kappa shape index (κ3) is 1.72. The van der Waals surface area contributed by atoms with Crippen LogP contribution in [-0.2, 0) is 0 Å². The highest BCUT2D eigenvalue weighted by Gasteiger charge is 2.22. The molecule has 1 unspecified atom stereocenters. The molecule has 1 nitrogen and oxygen atoms in total. The smallest absolute Gasteiger partial charge is 0.0729 e. The van der Waals surface area contributed by atoms with E-state index >= 15 is 0 Å². The Labute approximate surface area is 108 Å². The van der Waals surface area contributed by atoms with Crippen LogP contribution in [0.3, 0.4) is 0 Å². The first-order valence-electron chi connectivity index (χ1n) is 6.33. The first-order chi connectivity index (χ1) is 8.77. The monoisotopic (exact) mass is 235 g/mol. The Bertz CT molecular complexity index is 584. The maximum Gasteiger partial charge on any atom is 0.0729 e. The zero-order valence-corrected chi connectivity index (χ0v) is 10.8. The summed E-state index contributed by atoms with van der Waals surface area (Å²) in [6.45, 7) is 2.20. The highest BCUT2D eigenvalue weighted by atomic mass is 15.1. The number of allylic oxidation sites excluding steroid dienone is 1. The van der Waals surface area contributed by atoms with Gasteiger partial charge in [0.05, 0.1) is 6.04 Å². The summed E-state index contributed by atoms with van der Waals surface area (Å²) >= 11 is 0. The van der Waals surface area contributed by atoms with Crippen LogP contribution in [0.1, 0.15) is 24.1 Å². The van der Waals surface area contributed by atoms with Crippen molar-refractivity contribution in [3.05, 3.63) is 71.8 Å². The normalized spacial score (nSPS) is 18.2. The summed E-state index contributed by atoms with van der Waals surface area (Å²) in [5.74, 6) is 0. The lowest BCUT2D eigenvalue weighted by atomic mass is 9.93. The van der Waals surface area contributed by atoms with Gasteiger partial charge in [0.2, 0.25) is 0 Å². The van der Waals surface area contributed by atoms with Gasteiger partial charge < -0.3 is 4.90 Å². The van der Waals surface area contributed by atoms with Crippen LogP contribution in [0.25, 0.3) is 5.57 Å². The zero-order valence-electron chi connectivity index (χ0n) is 10.8. The minimum atomic E-state index is 0.334. The summed E-state index contributed by atoms with van der Waals surface area (Å²) in [6.07, 6.45) is 2.34. The van der Waals surface area contributed by atoms with Gasteiger partial charge in [-0.05, 0) is 24.1 Å². The second-order valence-electron chi connectivity index (χ2n) is 4.83. The molecule has 0 spiro atoms. The van der Waals surface area contributed by atoms with Gasteiger partial charge in [0.15, 0.2) is 0 Å². The van der Waals surface area contributed by atoms with Crippen molar-refractivity contribution in [3.8, 4) is 0 Å². The van der Waals surface area contributed by atoms with E-state index in [4.69, 9.17) is 0 Å². The molecular formula is C17H17N. The SMILES string of the molecule is CC1=CC(c2ccccc2)N(C)c2ccccc21. The van der Waals surface area contributed by atoms with E-state index in [0.29, 0.717) is 6.04 Å². The van der Waals surface area contributed by atoms with Gasteiger partial charge in [-0.25, -0.2) is 0 Å². The van der Waals surface area contributed by atoms with Crippen LogP contribution in [0.2, 0.25) is 0 Å². The van der Waals surface area contributed by atoms with Crippen molar-refractivity contribution >= 4 is 11.3 Å². The first-order valence-corrected chi connectivity index (χ1v) is 6.33. The largest absolute Gasteiger partial charge is 0.364 e. The van der Waals surface area contributed by atoms with E-state index in [9.17, 15) is 0 Å². The molecule has 0 radical (unpaired) electrons. The van der Waals surface area contributed by atoms with Crippen LogP contribution < -0.4 is 4.90 Å². The maximum atomic E-state index is 2.34. The third-order valence-corrected chi connectivity index (χ3v) is 3.68. The Morgan fingerprint density at radius 1 is 0.889 bits per heavy atom. The van der Waals surface area contributed by atoms with Crippen molar-refractivity contribution in [1.29, 1.82) is 0 Å². The molecule has 18 heavy (non-hydrogen) atoms. The summed E-state index contributed by atoms with van der Waals surface area (Å²) in [4.78, 5) is 2.34. The second kappa shape index (κ2) is 4.34. The molecule has 90 valence electrons. The maximum absolute atomic E-state index is 2.34. The molecule has 0 amide bonds. The average Bonchev–Trinajstić information content (AvgIpc) is 2.44. The lowest BCUT2D eigenvalue weighted by Crippen LogP contribution is -2.26. The topological polar surface area (TPSA) is 3.24 Å². The van der Waals surface area contributed by atoms with Crippen molar-refractivity contribution in [2.45, 2.75) is 13.0 Å². The molecule has 2 aromatic carbocycles. The van der Waals surface area contributed by atoms with E-state index in [1.54, 1.807) is 0 Å². The van der Waals surface area contributed by atoms with E-state index in [1.165, 1.54) is 22.4 Å². The van der Waals surface area contributed by atoms with Crippen molar-refractivity contribution in [2.75, 3.05) is 11.9 Å². The van der Waals surface area contributed by atoms with Crippen LogP contribution in [0, 0.1) is 0 Å². The number of nitrogens with zero attached hydrogens (tertiary/aromatic N) is 1. The van der Waals surface area contributed by atoms with Crippen molar-refractivity contribution in [3.63, 3.8) is 0 Å². The molecule has 0 fully saturated rings. The summed E-state index contributed by atoms with van der Waals surface area (Å²) in [5, 5.41) is 0. The third-order valence-electron chi connectivity index (χ3n) is 3.68. The molecule has 3 rings (SSSR count). The first kappa shape index (κ1) is 11.1. The molecule has 0 saturated carbocycles. The number of benzene rings is 2. The number of anilines is 1. The molecule has 0 N–H and O–H groups in total. The predicted molar refractivity (Wildman–Crippen MR) is 77.7 cm³/mol. The Kier molecular flexibility index (Phi) is 2.67. The number of para-hydroxylation sites is 1. The Morgan fingerprint density at radius 2 is 1.56 bits per heavy atom. The minimum absolute atomic E-state index is 0.334. The highest BCUT2D eigenvalue weighted by Crippen LogP contribution is 2.38. The number of rotatable bonds is 1. The zero-order chi connectivity index (χ0) is 12.5. The highest BCUT2D eigenvalue weighted by molar-refractivity contribution is 5.80. The molecule has 0 saturated heterocycles. The summed E-state index contributed by atoms with van der Waals surface area (Å²) in [7, 11) is 2.17. The molecule has 2 aromatic rings. The predicted octanol–water partition coefficient (Wildman–Crippen LogP) is 4.28. The Hall–Kier alpha value is -2.02. The van der Waals surface area contributed by atoms with Gasteiger partial charge in [-0.2, -0.15) is 0 Å². The van der Waals surface area contributed by atoms with E-state index in [-0.39, 0.29) is 0 Å². The molecule has 1 aliphatic rings. The number of hydrogen-bond donors (Lipinski definition) is 0. The van der Waals surface area contributed by atoms with Gasteiger partial charge in [-0.3, -0.25) is 0 Å². The second-order valence-corrected chi connectivity index (χ2v) is 4.83. The number of likely N-dealkylation sites (N-methyl/N-ethyl adjacent to an activating group) is 1. The molecule has 0 aliphatic carbocycles. The summed E-state index contributed by atoms with van der Waals surface area (Å²) in [6, 6.07) is 19.6. The van der Waals surface area contributed by atoms with Crippen LogP contribution in [0.4, 0.5) is 5.69 Å². The molecule has 0 aromatic heterocycles. The van der Waals surface area contributed by atoms with Gasteiger partial charge in [0.25, 0.3) is 0 Å².